The third kappa shape index (κ3) is 2.24. The van der Waals surface area contributed by atoms with Gasteiger partial charge in [0.1, 0.15) is 5.75 Å². The van der Waals surface area contributed by atoms with Gasteiger partial charge in [-0.1, -0.05) is 18.2 Å². The molecular weight excluding hydrogens is 352 g/mol. The summed E-state index contributed by atoms with van der Waals surface area (Å²) in [6.07, 6.45) is 3.34. The van der Waals surface area contributed by atoms with Crippen molar-refractivity contribution >= 4 is 22.8 Å². The van der Waals surface area contributed by atoms with E-state index in [-0.39, 0.29) is 5.75 Å². The molecule has 3 heterocycles. The first-order valence-corrected chi connectivity index (χ1v) is 8.83. The number of aromatic hydroxyl groups is 1. The third-order valence-corrected chi connectivity index (χ3v) is 5.08. The Bertz CT molecular complexity index is 1320. The number of primary amides is 1. The number of para-hydroxylation sites is 1. The Labute approximate surface area is 160 Å². The van der Waals surface area contributed by atoms with Crippen molar-refractivity contribution in [2.75, 3.05) is 0 Å². The lowest BCUT2D eigenvalue weighted by Crippen LogP contribution is -2.14. The van der Waals surface area contributed by atoms with E-state index in [0.29, 0.717) is 5.56 Å². The smallest absolute Gasteiger partial charge is 0.251 e. The van der Waals surface area contributed by atoms with Crippen LogP contribution in [0, 0.1) is 6.92 Å². The van der Waals surface area contributed by atoms with Crippen LogP contribution in [0.2, 0.25) is 0 Å². The molecule has 6 nitrogen and oxygen atoms in total. The molecule has 0 spiro atoms. The van der Waals surface area contributed by atoms with E-state index in [1.165, 1.54) is 6.20 Å². The quantitative estimate of drug-likeness (QED) is 0.499. The van der Waals surface area contributed by atoms with Crippen LogP contribution < -0.4 is 5.73 Å². The fourth-order valence-corrected chi connectivity index (χ4v) is 3.72. The zero-order valence-electron chi connectivity index (χ0n) is 15.0. The molecule has 28 heavy (non-hydrogen) atoms. The van der Waals surface area contributed by atoms with Crippen molar-refractivity contribution in [1.29, 1.82) is 0 Å². The highest BCUT2D eigenvalue weighted by Gasteiger charge is 2.25. The number of aromatic nitrogens is 2. The zero-order chi connectivity index (χ0) is 19.4. The molecule has 1 aliphatic rings. The molecule has 0 fully saturated rings. The van der Waals surface area contributed by atoms with Crippen LogP contribution in [0.5, 0.6) is 5.75 Å². The Balaban J connectivity index is 1.93. The number of carbonyl (C=O) groups excluding carboxylic acids is 1. The van der Waals surface area contributed by atoms with Gasteiger partial charge in [-0.15, -0.1) is 0 Å². The van der Waals surface area contributed by atoms with Crippen LogP contribution in [0.15, 0.2) is 65.9 Å². The van der Waals surface area contributed by atoms with Gasteiger partial charge in [0.15, 0.2) is 0 Å². The van der Waals surface area contributed by atoms with Gasteiger partial charge in [-0.25, -0.2) is 9.51 Å². The fraction of sp³-hybridized carbons (Fsp3) is 0.0455. The number of nitrogens with zero attached hydrogens (tertiary/aromatic N) is 3. The number of benzene rings is 2. The number of carbonyl (C=O) groups is 1. The van der Waals surface area contributed by atoms with Crippen molar-refractivity contribution in [3.8, 4) is 16.9 Å². The summed E-state index contributed by atoms with van der Waals surface area (Å²) < 4.78 is 1.74. The molecule has 0 aliphatic carbocycles. The number of phenols is 1. The average Bonchev–Trinajstić information content (AvgIpc) is 3.05. The maximum absolute atomic E-state index is 12.1. The van der Waals surface area contributed by atoms with Gasteiger partial charge in [-0.2, -0.15) is 5.10 Å². The Hall–Kier alpha value is -3.93. The molecule has 1 aliphatic heterocycles. The van der Waals surface area contributed by atoms with Gasteiger partial charge in [0.25, 0.3) is 5.91 Å². The number of phenolic OH excluding ortho intramolecular Hbond substituents is 1. The van der Waals surface area contributed by atoms with Gasteiger partial charge in [-0.05, 0) is 42.8 Å². The van der Waals surface area contributed by atoms with Crippen molar-refractivity contribution < 1.29 is 9.90 Å². The normalized spacial score (nSPS) is 12.4. The molecule has 0 saturated carbocycles. The molecule has 136 valence electrons. The Morgan fingerprint density at radius 2 is 1.93 bits per heavy atom. The maximum atomic E-state index is 12.1. The minimum absolute atomic E-state index is 0.235. The number of hydrogen-bond donors (Lipinski definition) is 2. The van der Waals surface area contributed by atoms with E-state index in [9.17, 15) is 9.90 Å². The lowest BCUT2D eigenvalue weighted by Gasteiger charge is -2.10. The second-order valence-electron chi connectivity index (χ2n) is 6.80. The highest BCUT2D eigenvalue weighted by Crippen LogP contribution is 2.40. The van der Waals surface area contributed by atoms with E-state index in [2.05, 4.69) is 5.10 Å². The standard InChI is InChI=1S/C22H16N4O2/c1-12-10-13(6-7-18(12)27)20-15-8-9-26-21(15)19(16(11-24-26)22(23)28)14-4-2-3-5-17(14)25-20/h2-11,27H,1H3,(H2,23,28). The highest BCUT2D eigenvalue weighted by atomic mass is 16.3. The number of fused-ring (bicyclic) bond motifs is 2. The van der Waals surface area contributed by atoms with Gasteiger partial charge in [0.05, 0.1) is 28.7 Å². The molecule has 0 atom stereocenters. The number of aliphatic imine (C=N–C) groups is 1. The van der Waals surface area contributed by atoms with Crippen LogP contribution in [0.3, 0.4) is 0 Å². The molecule has 2 aromatic carbocycles. The predicted molar refractivity (Wildman–Crippen MR) is 107 cm³/mol. The largest absolute Gasteiger partial charge is 0.508 e. The van der Waals surface area contributed by atoms with Crippen LogP contribution in [0.1, 0.15) is 27.0 Å². The second-order valence-corrected chi connectivity index (χ2v) is 6.80. The summed E-state index contributed by atoms with van der Waals surface area (Å²) in [5, 5.41) is 14.3. The molecule has 0 unspecified atom stereocenters. The monoisotopic (exact) mass is 368 g/mol. The van der Waals surface area contributed by atoms with Gasteiger partial charge < -0.3 is 10.8 Å². The van der Waals surface area contributed by atoms with Gasteiger partial charge >= 0.3 is 0 Å². The summed E-state index contributed by atoms with van der Waals surface area (Å²) in [4.78, 5) is 17.1. The number of aryl methyl sites for hydroxylation is 1. The summed E-state index contributed by atoms with van der Waals surface area (Å²) in [7, 11) is 0. The van der Waals surface area contributed by atoms with E-state index >= 15 is 0 Å². The molecule has 2 aromatic heterocycles. The second kappa shape index (κ2) is 5.79. The van der Waals surface area contributed by atoms with Crippen LogP contribution in [-0.2, 0) is 0 Å². The van der Waals surface area contributed by atoms with Gasteiger partial charge in [0, 0.05) is 28.5 Å². The lowest BCUT2D eigenvalue weighted by atomic mass is 9.96. The summed E-state index contributed by atoms with van der Waals surface area (Å²) in [5.74, 6) is -0.297. The summed E-state index contributed by atoms with van der Waals surface area (Å²) in [5.41, 5.74) is 12.3. The number of hydrogen-bond acceptors (Lipinski definition) is 4. The van der Waals surface area contributed by atoms with Crippen molar-refractivity contribution in [3.05, 3.63) is 83.2 Å². The molecule has 6 heteroatoms. The van der Waals surface area contributed by atoms with Gasteiger partial charge in [-0.3, -0.25) is 4.79 Å². The van der Waals surface area contributed by atoms with E-state index < -0.39 is 5.91 Å². The van der Waals surface area contributed by atoms with Crippen molar-refractivity contribution in [2.45, 2.75) is 6.92 Å². The van der Waals surface area contributed by atoms with Crippen molar-refractivity contribution in [1.82, 2.24) is 9.61 Å². The summed E-state index contributed by atoms with van der Waals surface area (Å²) in [6, 6.07) is 15.0. The SMILES string of the molecule is Cc1cc(C2=Nc3ccccc3-c3c(C(N)=O)cnn4ccc2c34)ccc1O. The Morgan fingerprint density at radius 3 is 2.71 bits per heavy atom. The molecule has 3 N–H and O–H groups in total. The van der Waals surface area contributed by atoms with Gasteiger partial charge in [0.2, 0.25) is 0 Å². The predicted octanol–water partition coefficient (Wildman–Crippen LogP) is 3.60. The number of amides is 1. The summed E-state index contributed by atoms with van der Waals surface area (Å²) >= 11 is 0. The van der Waals surface area contributed by atoms with Crippen LogP contribution in [0.4, 0.5) is 5.69 Å². The fourth-order valence-electron chi connectivity index (χ4n) is 3.72. The number of rotatable bonds is 2. The first-order chi connectivity index (χ1) is 13.5. The molecule has 5 rings (SSSR count). The Kier molecular flexibility index (Phi) is 3.36. The van der Waals surface area contributed by atoms with E-state index in [1.807, 2.05) is 55.6 Å². The molecule has 0 radical (unpaired) electrons. The minimum Gasteiger partial charge on any atom is -0.508 e. The molecular formula is C22H16N4O2. The molecule has 4 aromatic rings. The molecule has 0 bridgehead atoms. The van der Waals surface area contributed by atoms with Crippen LogP contribution >= 0.6 is 0 Å². The van der Waals surface area contributed by atoms with E-state index in [1.54, 1.807) is 10.6 Å². The van der Waals surface area contributed by atoms with Crippen LogP contribution in [0.25, 0.3) is 16.6 Å². The first kappa shape index (κ1) is 16.3. The topological polar surface area (TPSA) is 93.0 Å². The third-order valence-electron chi connectivity index (χ3n) is 5.08. The van der Waals surface area contributed by atoms with Crippen molar-refractivity contribution in [2.24, 2.45) is 10.7 Å². The first-order valence-electron chi connectivity index (χ1n) is 8.83. The van der Waals surface area contributed by atoms with E-state index in [0.717, 1.165) is 44.7 Å². The van der Waals surface area contributed by atoms with Crippen LogP contribution in [-0.4, -0.2) is 26.3 Å². The lowest BCUT2D eigenvalue weighted by molar-refractivity contribution is 0.100. The zero-order valence-corrected chi connectivity index (χ0v) is 15.0. The average molecular weight is 368 g/mol. The minimum atomic E-state index is -0.532. The number of nitrogens with two attached hydrogens (primary N) is 1. The highest BCUT2D eigenvalue weighted by molar-refractivity contribution is 6.22. The maximum Gasteiger partial charge on any atom is 0.251 e. The van der Waals surface area contributed by atoms with E-state index in [4.69, 9.17) is 10.7 Å². The Morgan fingerprint density at radius 1 is 1.11 bits per heavy atom. The summed E-state index contributed by atoms with van der Waals surface area (Å²) in [6.45, 7) is 1.85. The molecule has 1 amide bonds. The molecule has 0 saturated heterocycles. The van der Waals surface area contributed by atoms with Crippen molar-refractivity contribution in [3.63, 3.8) is 0 Å².